The van der Waals surface area contributed by atoms with Crippen LogP contribution in [0.2, 0.25) is 0 Å². The van der Waals surface area contributed by atoms with Crippen molar-refractivity contribution in [2.75, 3.05) is 20.3 Å². The van der Waals surface area contributed by atoms with Crippen molar-refractivity contribution in [2.24, 2.45) is 0 Å². The van der Waals surface area contributed by atoms with E-state index < -0.39 is 17.6 Å². The Morgan fingerprint density at radius 2 is 1.89 bits per heavy atom. The number of nitrogens with one attached hydrogen (secondary N) is 2. The molecule has 0 aliphatic heterocycles. The molecule has 2 heterocycles. The average Bonchev–Trinajstić information content (AvgIpc) is 3.07. The number of halogens is 1. The predicted octanol–water partition coefficient (Wildman–Crippen LogP) is 1.78. The van der Waals surface area contributed by atoms with Gasteiger partial charge < -0.3 is 15.4 Å². The number of amides is 2. The van der Waals surface area contributed by atoms with E-state index in [9.17, 15) is 14.0 Å². The molecule has 3 rings (SSSR count). The van der Waals surface area contributed by atoms with Crippen LogP contribution in [0.15, 0.2) is 48.7 Å². The summed E-state index contributed by atoms with van der Waals surface area (Å²) in [4.78, 5) is 29.1. The van der Waals surface area contributed by atoms with Gasteiger partial charge in [0.1, 0.15) is 5.82 Å². The summed E-state index contributed by atoms with van der Waals surface area (Å²) in [6.07, 6.45) is 1.65. The zero-order valence-corrected chi connectivity index (χ0v) is 14.7. The van der Waals surface area contributed by atoms with Crippen molar-refractivity contribution in [3.8, 4) is 0 Å². The van der Waals surface area contributed by atoms with Crippen molar-refractivity contribution < 1.29 is 18.7 Å². The maximum atomic E-state index is 13.7. The van der Waals surface area contributed by atoms with Gasteiger partial charge in [0.2, 0.25) is 5.82 Å². The van der Waals surface area contributed by atoms with Crippen LogP contribution in [0, 0.1) is 5.82 Å². The standard InChI is InChI=1S/C19H19FN4O3/c1-27-11-9-21-19(26)17-23-16(15-8-4-5-10-24(15)17)18(25)22-12-13-6-2-3-7-14(13)20/h2-8,10H,9,11-12H2,1H3,(H,21,26)(H,22,25). The van der Waals surface area contributed by atoms with E-state index in [2.05, 4.69) is 15.6 Å². The van der Waals surface area contributed by atoms with Gasteiger partial charge in [-0.2, -0.15) is 0 Å². The minimum atomic E-state index is -0.488. The smallest absolute Gasteiger partial charge is 0.287 e. The number of benzene rings is 1. The largest absolute Gasteiger partial charge is 0.383 e. The highest BCUT2D eigenvalue weighted by molar-refractivity contribution is 6.02. The summed E-state index contributed by atoms with van der Waals surface area (Å²) in [5.74, 6) is -1.21. The molecule has 0 radical (unpaired) electrons. The summed E-state index contributed by atoms with van der Waals surface area (Å²) < 4.78 is 20.2. The molecule has 2 aromatic heterocycles. The van der Waals surface area contributed by atoms with E-state index in [-0.39, 0.29) is 18.1 Å². The third-order valence-electron chi connectivity index (χ3n) is 3.96. The lowest BCUT2D eigenvalue weighted by Gasteiger charge is -2.05. The zero-order chi connectivity index (χ0) is 19.2. The van der Waals surface area contributed by atoms with Gasteiger partial charge in [-0.1, -0.05) is 24.3 Å². The van der Waals surface area contributed by atoms with Crippen molar-refractivity contribution >= 4 is 17.3 Å². The number of carbonyl (C=O) groups is 2. The second-order valence-corrected chi connectivity index (χ2v) is 5.76. The molecule has 0 fully saturated rings. The van der Waals surface area contributed by atoms with Crippen LogP contribution < -0.4 is 10.6 Å². The highest BCUT2D eigenvalue weighted by Gasteiger charge is 2.21. The minimum Gasteiger partial charge on any atom is -0.383 e. The summed E-state index contributed by atoms with van der Waals surface area (Å²) in [5.41, 5.74) is 0.955. The van der Waals surface area contributed by atoms with Gasteiger partial charge >= 0.3 is 0 Å². The fraction of sp³-hybridized carbons (Fsp3) is 0.211. The van der Waals surface area contributed by atoms with Crippen LogP contribution in [0.5, 0.6) is 0 Å². The maximum Gasteiger partial charge on any atom is 0.287 e. The zero-order valence-electron chi connectivity index (χ0n) is 14.7. The molecule has 0 aliphatic carbocycles. The molecule has 0 saturated heterocycles. The van der Waals surface area contributed by atoms with E-state index in [1.165, 1.54) is 13.2 Å². The van der Waals surface area contributed by atoms with E-state index in [4.69, 9.17) is 4.74 Å². The highest BCUT2D eigenvalue weighted by Crippen LogP contribution is 2.14. The first-order valence-corrected chi connectivity index (χ1v) is 8.37. The fourth-order valence-electron chi connectivity index (χ4n) is 2.61. The number of hydrogen-bond donors (Lipinski definition) is 2. The van der Waals surface area contributed by atoms with E-state index >= 15 is 0 Å². The molecule has 2 amide bonds. The minimum absolute atomic E-state index is 0.0206. The van der Waals surface area contributed by atoms with Crippen molar-refractivity contribution in [1.82, 2.24) is 20.0 Å². The molecule has 0 atom stereocenters. The van der Waals surface area contributed by atoms with Gasteiger partial charge in [0.25, 0.3) is 11.8 Å². The predicted molar refractivity (Wildman–Crippen MR) is 97.0 cm³/mol. The van der Waals surface area contributed by atoms with Gasteiger partial charge in [-0.05, 0) is 18.2 Å². The lowest BCUT2D eigenvalue weighted by atomic mass is 10.2. The molecule has 0 spiro atoms. The molecule has 8 heteroatoms. The summed E-state index contributed by atoms with van der Waals surface area (Å²) in [6, 6.07) is 11.4. The molecule has 3 aromatic rings. The first-order chi connectivity index (χ1) is 13.1. The molecular weight excluding hydrogens is 351 g/mol. The van der Waals surface area contributed by atoms with E-state index in [1.54, 1.807) is 47.0 Å². The number of methoxy groups -OCH3 is 1. The summed E-state index contributed by atoms with van der Waals surface area (Å²) in [6.45, 7) is 0.712. The van der Waals surface area contributed by atoms with Gasteiger partial charge in [0.05, 0.1) is 12.1 Å². The van der Waals surface area contributed by atoms with Crippen LogP contribution in [-0.2, 0) is 11.3 Å². The molecule has 2 N–H and O–H groups in total. The Bertz CT molecular complexity index is 970. The summed E-state index contributed by atoms with van der Waals surface area (Å²) >= 11 is 0. The average molecular weight is 370 g/mol. The molecule has 0 aliphatic rings. The van der Waals surface area contributed by atoms with Crippen molar-refractivity contribution in [3.05, 3.63) is 71.6 Å². The molecule has 0 bridgehead atoms. The quantitative estimate of drug-likeness (QED) is 0.621. The van der Waals surface area contributed by atoms with Gasteiger partial charge in [-0.15, -0.1) is 0 Å². The summed E-state index contributed by atoms with van der Waals surface area (Å²) in [5, 5.41) is 5.33. The number of imidazole rings is 1. The number of aromatic nitrogens is 2. The molecule has 140 valence electrons. The monoisotopic (exact) mass is 370 g/mol. The Labute approximate surface area is 155 Å². The van der Waals surface area contributed by atoms with E-state index in [0.717, 1.165) is 0 Å². The van der Waals surface area contributed by atoms with Crippen molar-refractivity contribution in [3.63, 3.8) is 0 Å². The fourth-order valence-corrected chi connectivity index (χ4v) is 2.61. The number of hydrogen-bond acceptors (Lipinski definition) is 4. The van der Waals surface area contributed by atoms with Crippen LogP contribution in [0.4, 0.5) is 4.39 Å². The Hall–Kier alpha value is -3.26. The first-order valence-electron chi connectivity index (χ1n) is 8.37. The number of carbonyl (C=O) groups excluding carboxylic acids is 2. The molecule has 7 nitrogen and oxygen atoms in total. The van der Waals surface area contributed by atoms with Gasteiger partial charge in [-0.3, -0.25) is 14.0 Å². The number of fused-ring (bicyclic) bond motifs is 1. The Morgan fingerprint density at radius 1 is 1.11 bits per heavy atom. The van der Waals surface area contributed by atoms with Crippen LogP contribution in [0.3, 0.4) is 0 Å². The topological polar surface area (TPSA) is 84.7 Å². The van der Waals surface area contributed by atoms with Crippen molar-refractivity contribution in [1.29, 1.82) is 0 Å². The summed E-state index contributed by atoms with van der Waals surface area (Å²) in [7, 11) is 1.54. The third-order valence-corrected chi connectivity index (χ3v) is 3.96. The molecule has 27 heavy (non-hydrogen) atoms. The molecular formula is C19H19FN4O3. The van der Waals surface area contributed by atoms with Gasteiger partial charge in [0.15, 0.2) is 5.69 Å². The number of pyridine rings is 1. The highest BCUT2D eigenvalue weighted by atomic mass is 19.1. The van der Waals surface area contributed by atoms with E-state index in [1.807, 2.05) is 0 Å². The normalized spacial score (nSPS) is 10.7. The first kappa shape index (κ1) is 18.5. The Balaban J connectivity index is 1.82. The molecule has 0 unspecified atom stereocenters. The third kappa shape index (κ3) is 4.12. The van der Waals surface area contributed by atoms with Crippen LogP contribution in [0.25, 0.3) is 5.52 Å². The second-order valence-electron chi connectivity index (χ2n) is 5.76. The SMILES string of the molecule is COCCNC(=O)c1nc(C(=O)NCc2ccccc2F)c2ccccn12. The second kappa shape index (κ2) is 8.41. The molecule has 1 aromatic carbocycles. The lowest BCUT2D eigenvalue weighted by Crippen LogP contribution is -2.29. The van der Waals surface area contributed by atoms with Crippen LogP contribution >= 0.6 is 0 Å². The van der Waals surface area contributed by atoms with Gasteiger partial charge in [0, 0.05) is 32.0 Å². The number of ether oxygens (including phenoxy) is 1. The molecule has 0 saturated carbocycles. The number of nitrogens with zero attached hydrogens (tertiary/aromatic N) is 2. The van der Waals surface area contributed by atoms with Gasteiger partial charge in [-0.25, -0.2) is 9.37 Å². The Kier molecular flexibility index (Phi) is 5.77. The van der Waals surface area contributed by atoms with Crippen LogP contribution in [0.1, 0.15) is 26.7 Å². The maximum absolute atomic E-state index is 13.7. The van der Waals surface area contributed by atoms with Crippen molar-refractivity contribution in [2.45, 2.75) is 6.54 Å². The lowest BCUT2D eigenvalue weighted by molar-refractivity contribution is 0.0926. The Morgan fingerprint density at radius 3 is 2.67 bits per heavy atom. The van der Waals surface area contributed by atoms with Crippen LogP contribution in [-0.4, -0.2) is 41.5 Å². The van der Waals surface area contributed by atoms with E-state index in [0.29, 0.717) is 24.2 Å². The number of rotatable bonds is 7.